The molecule has 1 amide bonds. The predicted molar refractivity (Wildman–Crippen MR) is 85.3 cm³/mol. The summed E-state index contributed by atoms with van der Waals surface area (Å²) in [7, 11) is -4.28. The topological polar surface area (TPSA) is 113 Å². The molecule has 0 aromatic rings. The Hall–Kier alpha value is -1.35. The summed E-state index contributed by atoms with van der Waals surface area (Å²) in [5, 5.41) is 0. The van der Waals surface area contributed by atoms with Crippen molar-refractivity contribution >= 4 is 22.2 Å². The van der Waals surface area contributed by atoms with Crippen LogP contribution in [0.1, 0.15) is 46.5 Å². The number of rotatable bonds is 7. The smallest absolute Gasteiger partial charge is 0.410 e. The summed E-state index contributed by atoms with van der Waals surface area (Å²) in [4.78, 5) is 25.5. The Labute approximate surface area is 143 Å². The normalized spacial score (nSPS) is 16.8. The van der Waals surface area contributed by atoms with E-state index in [1.807, 2.05) is 20.8 Å². The van der Waals surface area contributed by atoms with Gasteiger partial charge in [-0.3, -0.25) is 4.79 Å². The molecule has 0 radical (unpaired) electrons. The van der Waals surface area contributed by atoms with Crippen LogP contribution in [0.5, 0.6) is 0 Å². The molecule has 24 heavy (non-hydrogen) atoms. The highest BCUT2D eigenvalue weighted by molar-refractivity contribution is 7.85. The highest BCUT2D eigenvalue weighted by Gasteiger charge is 2.31. The number of carbonyl (C=O) groups excluding carboxylic acids is 2. The predicted octanol–water partition coefficient (Wildman–Crippen LogP) is 1.50. The second kappa shape index (κ2) is 8.66. The lowest BCUT2D eigenvalue weighted by molar-refractivity contribution is -0.150. The van der Waals surface area contributed by atoms with E-state index in [4.69, 9.17) is 9.47 Å². The largest absolute Gasteiger partial charge is 0.748 e. The number of carbonyl (C=O) groups is 2. The molecule has 1 fully saturated rings. The van der Waals surface area contributed by atoms with Crippen molar-refractivity contribution in [1.29, 1.82) is 0 Å². The van der Waals surface area contributed by atoms with Crippen LogP contribution in [0.25, 0.3) is 0 Å². The second-order valence-electron chi connectivity index (χ2n) is 6.53. The van der Waals surface area contributed by atoms with Crippen LogP contribution in [0.4, 0.5) is 4.79 Å². The van der Waals surface area contributed by atoms with Gasteiger partial charge in [0.15, 0.2) is 0 Å². The van der Waals surface area contributed by atoms with E-state index in [9.17, 15) is 22.6 Å². The number of hydrogen-bond acceptors (Lipinski definition) is 7. The molecule has 1 rings (SSSR count). The van der Waals surface area contributed by atoms with E-state index in [-0.39, 0.29) is 25.0 Å². The number of ether oxygens (including phenoxy) is 2. The van der Waals surface area contributed by atoms with Gasteiger partial charge in [-0.05, 0) is 39.5 Å². The zero-order valence-electron chi connectivity index (χ0n) is 14.4. The molecule has 0 N–H and O–H groups in total. The lowest BCUT2D eigenvalue weighted by atomic mass is 9.97. The molecule has 0 bridgehead atoms. The molecule has 9 heteroatoms. The first kappa shape index (κ1) is 20.7. The molecule has 0 saturated carbocycles. The van der Waals surface area contributed by atoms with Gasteiger partial charge in [0.25, 0.3) is 0 Å². The summed E-state index contributed by atoms with van der Waals surface area (Å²) >= 11 is 0. The fourth-order valence-electron chi connectivity index (χ4n) is 2.20. The molecule has 1 saturated heterocycles. The Morgan fingerprint density at radius 2 is 1.83 bits per heavy atom. The van der Waals surface area contributed by atoms with Gasteiger partial charge in [0, 0.05) is 18.8 Å². The van der Waals surface area contributed by atoms with Gasteiger partial charge in [0.2, 0.25) is 0 Å². The number of likely N-dealkylation sites (tertiary alicyclic amines) is 1. The van der Waals surface area contributed by atoms with Crippen molar-refractivity contribution in [1.82, 2.24) is 4.90 Å². The number of hydrogen-bond donors (Lipinski definition) is 0. The van der Waals surface area contributed by atoms with Crippen molar-refractivity contribution < 1.29 is 32.0 Å². The van der Waals surface area contributed by atoms with Crippen molar-refractivity contribution in [3.63, 3.8) is 0 Å². The first-order valence-corrected chi connectivity index (χ1v) is 9.70. The molecule has 0 spiro atoms. The van der Waals surface area contributed by atoms with Crippen LogP contribution >= 0.6 is 0 Å². The lowest BCUT2D eigenvalue weighted by Gasteiger charge is -2.33. The summed E-state index contributed by atoms with van der Waals surface area (Å²) < 4.78 is 41.8. The van der Waals surface area contributed by atoms with Gasteiger partial charge >= 0.3 is 12.1 Å². The second-order valence-corrected chi connectivity index (χ2v) is 8.05. The van der Waals surface area contributed by atoms with Crippen LogP contribution in [0, 0.1) is 5.92 Å². The average Bonchev–Trinajstić information content (AvgIpc) is 2.50. The zero-order valence-corrected chi connectivity index (χ0v) is 15.3. The Balaban J connectivity index is 2.32. The third-order valence-electron chi connectivity index (χ3n) is 4.08. The molecule has 0 unspecified atom stereocenters. The van der Waals surface area contributed by atoms with Gasteiger partial charge in [-0.1, -0.05) is 6.92 Å². The van der Waals surface area contributed by atoms with Crippen LogP contribution in [0.3, 0.4) is 0 Å². The van der Waals surface area contributed by atoms with Gasteiger partial charge in [0.1, 0.15) is 5.60 Å². The van der Waals surface area contributed by atoms with E-state index in [1.54, 1.807) is 4.90 Å². The van der Waals surface area contributed by atoms with E-state index in [0.29, 0.717) is 32.4 Å². The fourth-order valence-corrected chi connectivity index (χ4v) is 2.67. The van der Waals surface area contributed by atoms with Gasteiger partial charge in [-0.15, -0.1) is 0 Å². The molecule has 8 nitrogen and oxygen atoms in total. The molecule has 1 aliphatic heterocycles. The average molecular weight is 364 g/mol. The van der Waals surface area contributed by atoms with Gasteiger partial charge in [-0.25, -0.2) is 13.2 Å². The molecule has 140 valence electrons. The maximum absolute atomic E-state index is 12.1. The number of amides is 1. The molecule has 0 aliphatic carbocycles. The maximum atomic E-state index is 12.1. The number of nitrogens with zero attached hydrogens (tertiary/aromatic N) is 1. The van der Waals surface area contributed by atoms with Crippen LogP contribution in [-0.2, 0) is 24.4 Å². The van der Waals surface area contributed by atoms with Gasteiger partial charge < -0.3 is 18.9 Å². The van der Waals surface area contributed by atoms with Crippen LogP contribution in [-0.4, -0.2) is 61.0 Å². The minimum atomic E-state index is -4.28. The Morgan fingerprint density at radius 1 is 1.25 bits per heavy atom. The van der Waals surface area contributed by atoms with E-state index in [0.717, 1.165) is 0 Å². The van der Waals surface area contributed by atoms with E-state index >= 15 is 0 Å². The Kier molecular flexibility index (Phi) is 7.47. The quantitative estimate of drug-likeness (QED) is 0.382. The summed E-state index contributed by atoms with van der Waals surface area (Å²) in [5.41, 5.74) is -0.519. The summed E-state index contributed by atoms with van der Waals surface area (Å²) in [5.74, 6) is -1.28. The minimum Gasteiger partial charge on any atom is -0.748 e. The van der Waals surface area contributed by atoms with E-state index in [1.165, 1.54) is 0 Å². The molecule has 1 heterocycles. The molecule has 0 aromatic carbocycles. The fraction of sp³-hybridized carbons (Fsp3) is 0.867. The molecule has 0 atom stereocenters. The van der Waals surface area contributed by atoms with Gasteiger partial charge in [-0.2, -0.15) is 0 Å². The number of piperidine rings is 1. The third-order valence-corrected chi connectivity index (χ3v) is 4.87. The van der Waals surface area contributed by atoms with E-state index < -0.39 is 27.4 Å². The first-order valence-electron chi connectivity index (χ1n) is 8.12. The van der Waals surface area contributed by atoms with Crippen molar-refractivity contribution in [3.8, 4) is 0 Å². The van der Waals surface area contributed by atoms with Crippen molar-refractivity contribution in [3.05, 3.63) is 0 Å². The first-order chi connectivity index (χ1) is 11.0. The minimum absolute atomic E-state index is 0.00511. The zero-order chi connectivity index (χ0) is 18.4. The van der Waals surface area contributed by atoms with Crippen LogP contribution in [0.2, 0.25) is 0 Å². The highest BCUT2D eigenvalue weighted by atomic mass is 32.2. The monoisotopic (exact) mass is 364 g/mol. The Bertz CT molecular complexity index is 536. The van der Waals surface area contributed by atoms with Crippen molar-refractivity contribution in [2.75, 3.05) is 25.4 Å². The highest BCUT2D eigenvalue weighted by Crippen LogP contribution is 2.22. The van der Waals surface area contributed by atoms with Crippen LogP contribution < -0.4 is 0 Å². The molecular formula is C15H26NO7S-. The molecule has 1 aliphatic rings. The SMILES string of the molecule is CCC(C)(C)OC(=O)N1CCC(C(=O)OCCCS(=O)(=O)[O-])CC1. The van der Waals surface area contributed by atoms with Crippen LogP contribution in [0.15, 0.2) is 0 Å². The summed E-state index contributed by atoms with van der Waals surface area (Å²) in [6, 6.07) is 0. The summed E-state index contributed by atoms with van der Waals surface area (Å²) in [6.45, 7) is 6.36. The lowest BCUT2D eigenvalue weighted by Crippen LogP contribution is -2.43. The molecular weight excluding hydrogens is 338 g/mol. The van der Waals surface area contributed by atoms with Crippen molar-refractivity contribution in [2.24, 2.45) is 5.92 Å². The number of esters is 1. The summed E-state index contributed by atoms with van der Waals surface area (Å²) in [6.07, 6.45) is 1.27. The standard InChI is InChI=1S/C15H27NO7S/c1-4-15(2,3)23-14(18)16-8-6-12(7-9-16)13(17)22-10-5-11-24(19,20)21/h12H,4-11H2,1-3H3,(H,19,20,21)/p-1. The van der Waals surface area contributed by atoms with E-state index in [2.05, 4.69) is 0 Å². The third kappa shape index (κ3) is 7.48. The maximum Gasteiger partial charge on any atom is 0.410 e. The Morgan fingerprint density at radius 3 is 2.33 bits per heavy atom. The van der Waals surface area contributed by atoms with Gasteiger partial charge in [0.05, 0.1) is 22.6 Å². The molecule has 0 aromatic heterocycles. The van der Waals surface area contributed by atoms with Crippen molar-refractivity contribution in [2.45, 2.75) is 52.1 Å².